The molecule has 0 radical (unpaired) electrons. The van der Waals surface area contributed by atoms with Crippen LogP contribution in [0.15, 0.2) is 58.4 Å². The second kappa shape index (κ2) is 13.4. The number of aromatic amines is 1. The number of nitrogens with one attached hydrogen (secondary N) is 2. The number of amidine groups is 1. The van der Waals surface area contributed by atoms with E-state index < -0.39 is 11.5 Å². The minimum absolute atomic E-state index is 0.0189. The lowest BCUT2D eigenvalue weighted by Crippen LogP contribution is -2.23. The molecule has 1 saturated carbocycles. The zero-order valence-corrected chi connectivity index (χ0v) is 25.7. The third-order valence-corrected chi connectivity index (χ3v) is 8.43. The van der Waals surface area contributed by atoms with Gasteiger partial charge in [0, 0.05) is 35.3 Å². The van der Waals surface area contributed by atoms with Crippen molar-refractivity contribution < 1.29 is 4.39 Å². The van der Waals surface area contributed by atoms with Crippen LogP contribution in [0.5, 0.6) is 0 Å². The van der Waals surface area contributed by atoms with Gasteiger partial charge in [0.1, 0.15) is 5.65 Å². The van der Waals surface area contributed by atoms with Crippen LogP contribution < -0.4 is 22.5 Å². The molecule has 1 fully saturated rings. The smallest absolute Gasteiger partial charge is 0.354 e. The lowest BCUT2D eigenvalue weighted by Gasteiger charge is -2.19. The summed E-state index contributed by atoms with van der Waals surface area (Å²) in [5, 5.41) is 4.38. The summed E-state index contributed by atoms with van der Waals surface area (Å²) in [4.78, 5) is 24.7. The average Bonchev–Trinajstić information content (AvgIpc) is 3.57. The van der Waals surface area contributed by atoms with Crippen LogP contribution in [0.3, 0.4) is 0 Å². The van der Waals surface area contributed by atoms with Crippen molar-refractivity contribution in [3.63, 3.8) is 0 Å². The second-order valence-electron chi connectivity index (χ2n) is 11.8. The summed E-state index contributed by atoms with van der Waals surface area (Å²) in [6.45, 7) is 5.50. The molecule has 2 heterocycles. The molecule has 1 atom stereocenters. The van der Waals surface area contributed by atoms with Crippen LogP contribution in [-0.4, -0.2) is 39.0 Å². The van der Waals surface area contributed by atoms with Gasteiger partial charge in [0.2, 0.25) is 0 Å². The summed E-state index contributed by atoms with van der Waals surface area (Å²) in [6.07, 6.45) is 9.44. The largest absolute Gasteiger partial charge is 0.388 e. The summed E-state index contributed by atoms with van der Waals surface area (Å²) in [5.74, 6) is 0.100. The van der Waals surface area contributed by atoms with Gasteiger partial charge in [0.25, 0.3) is 0 Å². The topological polar surface area (TPSA) is 127 Å². The minimum Gasteiger partial charge on any atom is -0.388 e. The number of benzene rings is 2. The highest BCUT2D eigenvalue weighted by Crippen LogP contribution is 2.37. The Hall–Kier alpha value is -3.53. The minimum atomic E-state index is -0.502. The van der Waals surface area contributed by atoms with Crippen molar-refractivity contribution in [2.75, 3.05) is 13.1 Å². The van der Waals surface area contributed by atoms with E-state index in [9.17, 15) is 4.79 Å². The molecule has 5 rings (SSSR count). The predicted molar refractivity (Wildman–Crippen MR) is 174 cm³/mol. The van der Waals surface area contributed by atoms with E-state index in [-0.39, 0.29) is 16.6 Å². The zero-order chi connectivity index (χ0) is 30.6. The van der Waals surface area contributed by atoms with Crippen LogP contribution in [0.2, 0.25) is 5.02 Å². The molecule has 228 valence electrons. The number of rotatable bonds is 14. The van der Waals surface area contributed by atoms with E-state index in [4.69, 9.17) is 23.1 Å². The van der Waals surface area contributed by atoms with E-state index in [1.54, 1.807) is 19.2 Å². The normalized spacial score (nSPS) is 15.2. The molecule has 0 aliphatic heterocycles. The van der Waals surface area contributed by atoms with Crippen molar-refractivity contribution in [1.82, 2.24) is 19.9 Å². The molecule has 10 heteroatoms. The van der Waals surface area contributed by atoms with Gasteiger partial charge in [-0.25, -0.2) is 9.18 Å². The molecule has 8 nitrogen and oxygen atoms in total. The van der Waals surface area contributed by atoms with Crippen molar-refractivity contribution in [3.8, 4) is 16.9 Å². The highest BCUT2D eigenvalue weighted by atomic mass is 35.5. The Morgan fingerprint density at radius 2 is 2.00 bits per heavy atom. The molecule has 1 unspecified atom stereocenters. The standard InChI is InChI=1S/C33H41ClFN7O/c1-3-6-28(39-16-5-15-38-21(2)36)23-8-10-25(11-9-23)42-20-24-19-29(40-31(24)41-32(42)43)26-17-22(18-27(34)30(26)35)7-4-12-33(37)13-14-33/h8-11,17-20,28,39H,3-7,12-16,37H2,1-2H3,(H2,36,38)(H,40,41,43). The van der Waals surface area contributed by atoms with Crippen molar-refractivity contribution in [3.05, 3.63) is 81.1 Å². The first kappa shape index (κ1) is 30.9. The highest BCUT2D eigenvalue weighted by molar-refractivity contribution is 6.31. The van der Waals surface area contributed by atoms with Crippen LogP contribution in [0.25, 0.3) is 28.0 Å². The number of fused-ring (bicyclic) bond motifs is 1. The number of halogens is 2. The first-order valence-electron chi connectivity index (χ1n) is 15.2. The monoisotopic (exact) mass is 605 g/mol. The fourth-order valence-electron chi connectivity index (χ4n) is 5.52. The van der Waals surface area contributed by atoms with Gasteiger partial charge in [-0.05, 0) is 99.9 Å². The van der Waals surface area contributed by atoms with Gasteiger partial charge in [0.15, 0.2) is 5.82 Å². The van der Waals surface area contributed by atoms with E-state index in [1.807, 2.05) is 36.4 Å². The van der Waals surface area contributed by atoms with Crippen LogP contribution in [0, 0.1) is 5.82 Å². The van der Waals surface area contributed by atoms with Gasteiger partial charge in [-0.3, -0.25) is 9.56 Å². The van der Waals surface area contributed by atoms with Gasteiger partial charge in [-0.15, -0.1) is 0 Å². The van der Waals surface area contributed by atoms with Crippen LogP contribution >= 0.6 is 11.6 Å². The molecule has 0 saturated heterocycles. The van der Waals surface area contributed by atoms with Gasteiger partial charge >= 0.3 is 5.69 Å². The number of aromatic nitrogens is 3. The Morgan fingerprint density at radius 1 is 1.23 bits per heavy atom. The molecule has 4 aromatic rings. The number of aliphatic imine (C=N–C) groups is 1. The molecular formula is C33H41ClFN7O. The molecule has 0 spiro atoms. The molecule has 2 aromatic heterocycles. The molecule has 0 bridgehead atoms. The molecule has 6 N–H and O–H groups in total. The lowest BCUT2D eigenvalue weighted by atomic mass is 10.0. The summed E-state index contributed by atoms with van der Waals surface area (Å²) >= 11 is 6.29. The molecule has 0 amide bonds. The predicted octanol–water partition coefficient (Wildman–Crippen LogP) is 6.19. The third-order valence-electron chi connectivity index (χ3n) is 8.16. The number of nitrogens with two attached hydrogens (primary N) is 2. The van der Waals surface area contributed by atoms with Crippen molar-refractivity contribution in [1.29, 1.82) is 0 Å². The SMILES string of the molecule is CCCC(NCCCN=C(C)N)c1ccc(-n2cc3cc(-c4cc(CCCC5(N)CC5)cc(Cl)c4F)[nH]c3nc2=O)cc1. The highest BCUT2D eigenvalue weighted by Gasteiger charge is 2.37. The second-order valence-corrected chi connectivity index (χ2v) is 12.2. The quantitative estimate of drug-likeness (QED) is 0.0775. The molecule has 1 aliphatic rings. The maximum absolute atomic E-state index is 15.2. The fraction of sp³-hybridized carbons (Fsp3) is 0.424. The first-order valence-corrected chi connectivity index (χ1v) is 15.5. The zero-order valence-electron chi connectivity index (χ0n) is 24.9. The van der Waals surface area contributed by atoms with Crippen molar-refractivity contribution >= 4 is 28.5 Å². The van der Waals surface area contributed by atoms with Gasteiger partial charge in [-0.1, -0.05) is 37.1 Å². The Balaban J connectivity index is 1.34. The summed E-state index contributed by atoms with van der Waals surface area (Å²) in [7, 11) is 0. The number of nitrogens with zero attached hydrogens (tertiary/aromatic N) is 3. The maximum atomic E-state index is 15.2. The Morgan fingerprint density at radius 3 is 2.70 bits per heavy atom. The summed E-state index contributed by atoms with van der Waals surface area (Å²) in [6, 6.07) is 13.5. The van der Waals surface area contributed by atoms with E-state index >= 15 is 4.39 Å². The number of H-pyrrole nitrogens is 1. The Kier molecular flexibility index (Phi) is 9.64. The fourth-order valence-corrected chi connectivity index (χ4v) is 5.76. The summed E-state index contributed by atoms with van der Waals surface area (Å²) < 4.78 is 16.7. The van der Waals surface area contributed by atoms with Gasteiger partial charge in [-0.2, -0.15) is 4.98 Å². The van der Waals surface area contributed by atoms with Crippen molar-refractivity contribution in [2.45, 2.75) is 76.8 Å². The molecular weight excluding hydrogens is 565 g/mol. The Bertz CT molecular complexity index is 1650. The van der Waals surface area contributed by atoms with Gasteiger partial charge < -0.3 is 21.8 Å². The molecule has 1 aliphatic carbocycles. The van der Waals surface area contributed by atoms with E-state index in [2.05, 4.69) is 27.2 Å². The van der Waals surface area contributed by atoms with Crippen LogP contribution in [0.4, 0.5) is 4.39 Å². The number of hydrogen-bond donors (Lipinski definition) is 4. The molecule has 43 heavy (non-hydrogen) atoms. The van der Waals surface area contributed by atoms with Crippen LogP contribution in [0.1, 0.15) is 76.0 Å². The number of hydrogen-bond acceptors (Lipinski definition) is 5. The third kappa shape index (κ3) is 7.71. The lowest BCUT2D eigenvalue weighted by molar-refractivity contribution is 0.490. The van der Waals surface area contributed by atoms with E-state index in [0.717, 1.165) is 69.0 Å². The van der Waals surface area contributed by atoms with E-state index in [1.165, 1.54) is 4.57 Å². The van der Waals surface area contributed by atoms with Gasteiger partial charge in [0.05, 0.1) is 22.2 Å². The van der Waals surface area contributed by atoms with E-state index in [0.29, 0.717) is 40.4 Å². The first-order chi connectivity index (χ1) is 20.7. The maximum Gasteiger partial charge on any atom is 0.354 e. The number of aryl methyl sites for hydroxylation is 1. The van der Waals surface area contributed by atoms with Crippen LogP contribution in [-0.2, 0) is 6.42 Å². The Labute approximate surface area is 256 Å². The average molecular weight is 606 g/mol. The molecule has 2 aromatic carbocycles. The summed E-state index contributed by atoms with van der Waals surface area (Å²) in [5.41, 5.74) is 15.5. The van der Waals surface area contributed by atoms with Crippen molar-refractivity contribution in [2.24, 2.45) is 16.5 Å².